The maximum Gasteiger partial charge on any atom is 0.251 e. The quantitative estimate of drug-likeness (QED) is 0.826. The molecule has 0 aliphatic heterocycles. The predicted molar refractivity (Wildman–Crippen MR) is 83.5 cm³/mol. The molecule has 0 atom stereocenters. The first-order chi connectivity index (χ1) is 10.0. The molecule has 0 bridgehead atoms. The summed E-state index contributed by atoms with van der Waals surface area (Å²) in [6, 6.07) is 9.42. The minimum Gasteiger partial charge on any atom is -0.352 e. The van der Waals surface area contributed by atoms with Gasteiger partial charge in [-0.1, -0.05) is 17.7 Å². The Morgan fingerprint density at radius 2 is 1.62 bits per heavy atom. The second kappa shape index (κ2) is 6.83. The molecule has 0 spiro atoms. The zero-order valence-corrected chi connectivity index (χ0v) is 12.6. The summed E-state index contributed by atoms with van der Waals surface area (Å²) in [4.78, 5) is 20.5. The van der Waals surface area contributed by atoms with Crippen molar-refractivity contribution in [2.24, 2.45) is 0 Å². The number of hydrogen-bond acceptors (Lipinski definition) is 4. The first kappa shape index (κ1) is 15.0. The number of aryl methyl sites for hydroxylation is 3. The predicted octanol–water partition coefficient (Wildman–Crippen LogP) is 2.24. The maximum absolute atomic E-state index is 11.9. The molecule has 0 unspecified atom stereocenters. The fourth-order valence-corrected chi connectivity index (χ4v) is 1.96. The van der Waals surface area contributed by atoms with Crippen LogP contribution in [-0.4, -0.2) is 29.0 Å². The van der Waals surface area contributed by atoms with Crippen LogP contribution < -0.4 is 10.6 Å². The number of nitrogens with zero attached hydrogens (tertiary/aromatic N) is 2. The molecule has 2 rings (SSSR count). The summed E-state index contributed by atoms with van der Waals surface area (Å²) in [5.41, 5.74) is 3.66. The van der Waals surface area contributed by atoms with Gasteiger partial charge in [0.1, 0.15) is 0 Å². The standard InChI is InChI=1S/C16H20N4O/c1-11-4-6-14(7-5-11)15(21)17-8-9-18-16-19-12(2)10-13(3)20-16/h4-7,10H,8-9H2,1-3H3,(H,17,21)(H,18,19,20). The van der Waals surface area contributed by atoms with E-state index < -0.39 is 0 Å². The van der Waals surface area contributed by atoms with Gasteiger partial charge in [0.2, 0.25) is 5.95 Å². The third kappa shape index (κ3) is 4.56. The van der Waals surface area contributed by atoms with Gasteiger partial charge >= 0.3 is 0 Å². The van der Waals surface area contributed by atoms with Crippen LogP contribution in [0.2, 0.25) is 0 Å². The van der Waals surface area contributed by atoms with E-state index in [1.165, 1.54) is 0 Å². The third-order valence-electron chi connectivity index (χ3n) is 2.99. The van der Waals surface area contributed by atoms with Crippen molar-refractivity contribution in [2.75, 3.05) is 18.4 Å². The molecular formula is C16H20N4O. The highest BCUT2D eigenvalue weighted by Crippen LogP contribution is 2.04. The summed E-state index contributed by atoms with van der Waals surface area (Å²) in [5.74, 6) is 0.523. The highest BCUT2D eigenvalue weighted by atomic mass is 16.1. The van der Waals surface area contributed by atoms with Gasteiger partial charge in [-0.3, -0.25) is 4.79 Å². The van der Waals surface area contributed by atoms with Crippen molar-refractivity contribution >= 4 is 11.9 Å². The van der Waals surface area contributed by atoms with Crippen LogP contribution in [0, 0.1) is 20.8 Å². The van der Waals surface area contributed by atoms with Crippen LogP contribution in [0.4, 0.5) is 5.95 Å². The Balaban J connectivity index is 1.79. The highest BCUT2D eigenvalue weighted by molar-refractivity contribution is 5.94. The zero-order valence-electron chi connectivity index (χ0n) is 12.6. The van der Waals surface area contributed by atoms with E-state index in [2.05, 4.69) is 20.6 Å². The van der Waals surface area contributed by atoms with Crippen LogP contribution in [0.15, 0.2) is 30.3 Å². The number of hydrogen-bond donors (Lipinski definition) is 2. The molecule has 0 saturated carbocycles. The molecule has 0 aliphatic rings. The minimum atomic E-state index is -0.0712. The molecule has 21 heavy (non-hydrogen) atoms. The van der Waals surface area contributed by atoms with E-state index >= 15 is 0 Å². The summed E-state index contributed by atoms with van der Waals surface area (Å²) in [7, 11) is 0. The SMILES string of the molecule is Cc1ccc(C(=O)NCCNc2nc(C)cc(C)n2)cc1. The molecule has 2 aromatic rings. The summed E-state index contributed by atoms with van der Waals surface area (Å²) >= 11 is 0. The zero-order chi connectivity index (χ0) is 15.2. The van der Waals surface area contributed by atoms with Crippen LogP contribution in [0.5, 0.6) is 0 Å². The second-order valence-corrected chi connectivity index (χ2v) is 5.02. The number of benzene rings is 1. The molecule has 0 fully saturated rings. The lowest BCUT2D eigenvalue weighted by molar-refractivity contribution is 0.0955. The molecule has 0 aliphatic carbocycles. The van der Waals surface area contributed by atoms with Gasteiger partial charge in [-0.2, -0.15) is 0 Å². The molecule has 110 valence electrons. The average molecular weight is 284 g/mol. The van der Waals surface area contributed by atoms with Crippen molar-refractivity contribution < 1.29 is 4.79 Å². The molecule has 5 nitrogen and oxygen atoms in total. The van der Waals surface area contributed by atoms with Crippen molar-refractivity contribution in [1.29, 1.82) is 0 Å². The second-order valence-electron chi connectivity index (χ2n) is 5.02. The molecule has 0 saturated heterocycles. The summed E-state index contributed by atoms with van der Waals surface area (Å²) in [5, 5.41) is 5.97. The van der Waals surface area contributed by atoms with Gasteiger partial charge in [-0.25, -0.2) is 9.97 Å². The van der Waals surface area contributed by atoms with Gasteiger partial charge in [0, 0.05) is 30.0 Å². The fraction of sp³-hybridized carbons (Fsp3) is 0.312. The van der Waals surface area contributed by atoms with Crippen molar-refractivity contribution in [1.82, 2.24) is 15.3 Å². The van der Waals surface area contributed by atoms with E-state index in [1.807, 2.05) is 51.1 Å². The van der Waals surface area contributed by atoms with Crippen molar-refractivity contribution in [3.8, 4) is 0 Å². The van der Waals surface area contributed by atoms with E-state index in [-0.39, 0.29) is 5.91 Å². The van der Waals surface area contributed by atoms with E-state index in [0.717, 1.165) is 17.0 Å². The maximum atomic E-state index is 11.9. The van der Waals surface area contributed by atoms with Crippen LogP contribution >= 0.6 is 0 Å². The summed E-state index contributed by atoms with van der Waals surface area (Å²) in [6.45, 7) is 6.96. The number of rotatable bonds is 5. The first-order valence-corrected chi connectivity index (χ1v) is 6.95. The van der Waals surface area contributed by atoms with Crippen molar-refractivity contribution in [3.05, 3.63) is 52.8 Å². The molecular weight excluding hydrogens is 264 g/mol. The topological polar surface area (TPSA) is 66.9 Å². The number of carbonyl (C=O) groups excluding carboxylic acids is 1. The monoisotopic (exact) mass is 284 g/mol. The number of anilines is 1. The van der Waals surface area contributed by atoms with Crippen LogP contribution in [-0.2, 0) is 0 Å². The molecule has 5 heteroatoms. The molecule has 1 amide bonds. The number of aromatic nitrogens is 2. The molecule has 1 aromatic carbocycles. The smallest absolute Gasteiger partial charge is 0.251 e. The van der Waals surface area contributed by atoms with Gasteiger partial charge in [-0.15, -0.1) is 0 Å². The van der Waals surface area contributed by atoms with E-state index in [1.54, 1.807) is 0 Å². The lowest BCUT2D eigenvalue weighted by Gasteiger charge is -2.08. The molecule has 1 heterocycles. The first-order valence-electron chi connectivity index (χ1n) is 6.95. The van der Waals surface area contributed by atoms with E-state index in [9.17, 15) is 4.79 Å². The van der Waals surface area contributed by atoms with Gasteiger partial charge in [0.05, 0.1) is 0 Å². The summed E-state index contributed by atoms with van der Waals surface area (Å²) in [6.07, 6.45) is 0. The Labute approximate surface area is 124 Å². The highest BCUT2D eigenvalue weighted by Gasteiger charge is 2.04. The van der Waals surface area contributed by atoms with Crippen molar-refractivity contribution in [3.63, 3.8) is 0 Å². The average Bonchev–Trinajstić information content (AvgIpc) is 2.43. The number of carbonyl (C=O) groups is 1. The minimum absolute atomic E-state index is 0.0712. The largest absolute Gasteiger partial charge is 0.352 e. The fourth-order valence-electron chi connectivity index (χ4n) is 1.96. The molecule has 1 aromatic heterocycles. The lowest BCUT2D eigenvalue weighted by atomic mass is 10.1. The van der Waals surface area contributed by atoms with Crippen molar-refractivity contribution in [2.45, 2.75) is 20.8 Å². The lowest BCUT2D eigenvalue weighted by Crippen LogP contribution is -2.29. The Hall–Kier alpha value is -2.43. The van der Waals surface area contributed by atoms with Crippen LogP contribution in [0.25, 0.3) is 0 Å². The Bertz CT molecular complexity index is 602. The molecule has 0 radical (unpaired) electrons. The van der Waals surface area contributed by atoms with Gasteiger partial charge in [-0.05, 0) is 39.0 Å². The van der Waals surface area contributed by atoms with E-state index in [0.29, 0.717) is 24.6 Å². The van der Waals surface area contributed by atoms with E-state index in [4.69, 9.17) is 0 Å². The third-order valence-corrected chi connectivity index (χ3v) is 2.99. The van der Waals surface area contributed by atoms with Gasteiger partial charge in [0.25, 0.3) is 5.91 Å². The van der Waals surface area contributed by atoms with Crippen LogP contribution in [0.1, 0.15) is 27.3 Å². The van der Waals surface area contributed by atoms with Crippen LogP contribution in [0.3, 0.4) is 0 Å². The number of amides is 1. The Kier molecular flexibility index (Phi) is 4.87. The number of nitrogens with one attached hydrogen (secondary N) is 2. The van der Waals surface area contributed by atoms with Gasteiger partial charge in [0.15, 0.2) is 0 Å². The van der Waals surface area contributed by atoms with Gasteiger partial charge < -0.3 is 10.6 Å². The summed E-state index contributed by atoms with van der Waals surface area (Å²) < 4.78 is 0. The Morgan fingerprint density at radius 3 is 2.24 bits per heavy atom. The molecule has 2 N–H and O–H groups in total. The Morgan fingerprint density at radius 1 is 1.00 bits per heavy atom. The normalized spacial score (nSPS) is 10.2.